The Hall–Kier alpha value is -3.80. The first kappa shape index (κ1) is 20.5. The molecule has 4 rings (SSSR count). The number of nitrogens with zero attached hydrogens (tertiary/aromatic N) is 1. The number of benzene rings is 3. The van der Waals surface area contributed by atoms with Gasteiger partial charge in [0, 0.05) is 35.5 Å². The molecule has 0 bridgehead atoms. The number of piperidine rings is 1. The lowest BCUT2D eigenvalue weighted by atomic mass is 9.98. The number of hydrogen-bond acceptors (Lipinski definition) is 3. The normalized spacial score (nSPS) is 13.7. The van der Waals surface area contributed by atoms with Crippen molar-refractivity contribution in [3.05, 3.63) is 95.3 Å². The maximum atomic E-state index is 13.2. The van der Waals surface area contributed by atoms with Crippen LogP contribution in [0.1, 0.15) is 45.5 Å². The molecule has 0 spiro atoms. The van der Waals surface area contributed by atoms with E-state index >= 15 is 0 Å². The zero-order valence-corrected chi connectivity index (χ0v) is 16.8. The highest BCUT2D eigenvalue weighted by atomic mass is 19.1. The molecule has 1 aliphatic rings. The highest BCUT2D eigenvalue weighted by Crippen LogP contribution is 2.25. The van der Waals surface area contributed by atoms with E-state index in [1.807, 2.05) is 6.07 Å². The van der Waals surface area contributed by atoms with Crippen LogP contribution in [0.3, 0.4) is 0 Å². The summed E-state index contributed by atoms with van der Waals surface area (Å²) in [5.41, 5.74) is 2.01. The van der Waals surface area contributed by atoms with Crippen LogP contribution in [0.15, 0.2) is 72.8 Å². The van der Waals surface area contributed by atoms with Crippen molar-refractivity contribution in [2.24, 2.45) is 0 Å². The van der Waals surface area contributed by atoms with Crippen molar-refractivity contribution in [3.8, 4) is 0 Å². The van der Waals surface area contributed by atoms with Crippen molar-refractivity contribution in [2.45, 2.75) is 19.3 Å². The molecule has 3 aromatic rings. The first-order valence-electron chi connectivity index (χ1n) is 10.1. The average Bonchev–Trinajstić information content (AvgIpc) is 2.79. The van der Waals surface area contributed by atoms with Crippen molar-refractivity contribution in [2.75, 3.05) is 16.8 Å². The van der Waals surface area contributed by atoms with Crippen LogP contribution in [-0.4, -0.2) is 24.1 Å². The Labute approximate surface area is 179 Å². The summed E-state index contributed by atoms with van der Waals surface area (Å²) in [6.45, 7) is 0.658. The molecular weight excluding hydrogens is 395 g/mol. The van der Waals surface area contributed by atoms with Crippen LogP contribution >= 0.6 is 0 Å². The number of anilines is 2. The van der Waals surface area contributed by atoms with Gasteiger partial charge in [0.25, 0.3) is 5.91 Å². The molecule has 6 heteroatoms. The second-order valence-corrected chi connectivity index (χ2v) is 7.39. The molecule has 5 nitrogen and oxygen atoms in total. The Morgan fingerprint density at radius 2 is 1.61 bits per heavy atom. The predicted molar refractivity (Wildman–Crippen MR) is 117 cm³/mol. The summed E-state index contributed by atoms with van der Waals surface area (Å²) in [6.07, 6.45) is 2.36. The summed E-state index contributed by atoms with van der Waals surface area (Å²) in [5.74, 6) is -1.16. The van der Waals surface area contributed by atoms with Gasteiger partial charge in [-0.05, 0) is 61.4 Å². The van der Waals surface area contributed by atoms with E-state index in [9.17, 15) is 18.8 Å². The van der Waals surface area contributed by atoms with Crippen molar-refractivity contribution in [3.63, 3.8) is 0 Å². The molecule has 1 heterocycles. The summed E-state index contributed by atoms with van der Waals surface area (Å²) in [6, 6.07) is 18.8. The molecule has 1 N–H and O–H groups in total. The highest BCUT2D eigenvalue weighted by Gasteiger charge is 2.21. The van der Waals surface area contributed by atoms with Crippen molar-refractivity contribution in [1.29, 1.82) is 0 Å². The zero-order chi connectivity index (χ0) is 21.8. The van der Waals surface area contributed by atoms with E-state index in [2.05, 4.69) is 5.32 Å². The van der Waals surface area contributed by atoms with Gasteiger partial charge in [-0.3, -0.25) is 14.4 Å². The van der Waals surface area contributed by atoms with E-state index in [4.69, 9.17) is 0 Å². The monoisotopic (exact) mass is 416 g/mol. The molecule has 0 unspecified atom stereocenters. The van der Waals surface area contributed by atoms with E-state index in [0.717, 1.165) is 18.5 Å². The second-order valence-electron chi connectivity index (χ2n) is 7.39. The minimum atomic E-state index is -0.437. The molecule has 0 aromatic heterocycles. The van der Waals surface area contributed by atoms with Crippen LogP contribution in [-0.2, 0) is 4.79 Å². The van der Waals surface area contributed by atoms with Crippen LogP contribution in [0, 0.1) is 5.82 Å². The number of carbonyl (C=O) groups is 3. The molecule has 1 fully saturated rings. The van der Waals surface area contributed by atoms with Gasteiger partial charge in [0.05, 0.1) is 5.56 Å². The van der Waals surface area contributed by atoms with Gasteiger partial charge in [-0.2, -0.15) is 0 Å². The fourth-order valence-corrected chi connectivity index (χ4v) is 3.66. The third-order valence-corrected chi connectivity index (χ3v) is 5.26. The number of carbonyl (C=O) groups excluding carboxylic acids is 3. The first-order valence-corrected chi connectivity index (χ1v) is 10.1. The summed E-state index contributed by atoms with van der Waals surface area (Å²) in [4.78, 5) is 39.8. The standard InChI is InChI=1S/C25H21FN2O3/c26-18-13-11-17(12-14-18)24(30)21-8-1-2-9-22(21)25(31)27-19-6-5-7-20(16-19)28-15-4-3-10-23(28)29/h1-2,5-9,11-14,16H,3-4,10,15H2,(H,27,31). The van der Waals surface area contributed by atoms with Gasteiger partial charge in [0.1, 0.15) is 5.82 Å². The van der Waals surface area contributed by atoms with Crippen molar-refractivity contribution in [1.82, 2.24) is 0 Å². The molecule has 156 valence electrons. The van der Waals surface area contributed by atoms with Crippen LogP contribution in [0.5, 0.6) is 0 Å². The molecule has 0 atom stereocenters. The molecule has 0 radical (unpaired) electrons. The second kappa shape index (κ2) is 8.92. The van der Waals surface area contributed by atoms with Crippen LogP contribution in [0.25, 0.3) is 0 Å². The average molecular weight is 416 g/mol. The molecule has 2 amide bonds. The van der Waals surface area contributed by atoms with Crippen molar-refractivity contribution < 1.29 is 18.8 Å². The molecule has 0 saturated carbocycles. The third kappa shape index (κ3) is 4.53. The number of hydrogen-bond donors (Lipinski definition) is 1. The van der Waals surface area contributed by atoms with Crippen LogP contribution in [0.4, 0.5) is 15.8 Å². The quantitative estimate of drug-likeness (QED) is 0.606. The Balaban J connectivity index is 1.57. The Morgan fingerprint density at radius 1 is 0.871 bits per heavy atom. The van der Waals surface area contributed by atoms with E-state index in [-0.39, 0.29) is 22.8 Å². The first-order chi connectivity index (χ1) is 15.0. The van der Waals surface area contributed by atoms with E-state index in [1.54, 1.807) is 47.4 Å². The number of halogens is 1. The molecule has 1 saturated heterocycles. The third-order valence-electron chi connectivity index (χ3n) is 5.26. The zero-order valence-electron chi connectivity index (χ0n) is 16.8. The highest BCUT2D eigenvalue weighted by molar-refractivity contribution is 6.17. The Kier molecular flexibility index (Phi) is 5.89. The minimum Gasteiger partial charge on any atom is -0.322 e. The number of rotatable bonds is 5. The van der Waals surface area contributed by atoms with E-state index in [1.165, 1.54) is 24.3 Å². The summed E-state index contributed by atoms with van der Waals surface area (Å²) < 4.78 is 13.2. The lowest BCUT2D eigenvalue weighted by Gasteiger charge is -2.27. The predicted octanol–water partition coefficient (Wildman–Crippen LogP) is 4.83. The Morgan fingerprint density at radius 3 is 2.35 bits per heavy atom. The van der Waals surface area contributed by atoms with Crippen LogP contribution < -0.4 is 10.2 Å². The van der Waals surface area contributed by atoms with Gasteiger partial charge < -0.3 is 10.2 Å². The summed E-state index contributed by atoms with van der Waals surface area (Å²) >= 11 is 0. The van der Waals surface area contributed by atoms with Gasteiger partial charge in [-0.1, -0.05) is 24.3 Å². The largest absolute Gasteiger partial charge is 0.322 e. The summed E-state index contributed by atoms with van der Waals surface area (Å²) in [5, 5.41) is 2.82. The minimum absolute atomic E-state index is 0.0740. The van der Waals surface area contributed by atoms with Gasteiger partial charge in [-0.15, -0.1) is 0 Å². The molecule has 3 aromatic carbocycles. The molecule has 31 heavy (non-hydrogen) atoms. The number of ketones is 1. The molecule has 0 aliphatic carbocycles. The number of amides is 2. The van der Waals surface area contributed by atoms with Crippen LogP contribution in [0.2, 0.25) is 0 Å². The topological polar surface area (TPSA) is 66.5 Å². The van der Waals surface area contributed by atoms with Gasteiger partial charge in [-0.25, -0.2) is 4.39 Å². The lowest BCUT2D eigenvalue weighted by Crippen LogP contribution is -2.35. The van der Waals surface area contributed by atoms with E-state index in [0.29, 0.717) is 24.2 Å². The van der Waals surface area contributed by atoms with Gasteiger partial charge >= 0.3 is 0 Å². The van der Waals surface area contributed by atoms with Crippen molar-refractivity contribution >= 4 is 29.0 Å². The van der Waals surface area contributed by atoms with E-state index < -0.39 is 11.7 Å². The molecular formula is C25H21FN2O3. The maximum Gasteiger partial charge on any atom is 0.256 e. The van der Waals surface area contributed by atoms with Gasteiger partial charge in [0.15, 0.2) is 5.78 Å². The fraction of sp³-hybridized carbons (Fsp3) is 0.160. The lowest BCUT2D eigenvalue weighted by molar-refractivity contribution is -0.119. The fourth-order valence-electron chi connectivity index (χ4n) is 3.66. The number of nitrogens with one attached hydrogen (secondary N) is 1. The summed E-state index contributed by atoms with van der Waals surface area (Å²) in [7, 11) is 0. The Bertz CT molecular complexity index is 1140. The maximum absolute atomic E-state index is 13.2. The van der Waals surface area contributed by atoms with Gasteiger partial charge in [0.2, 0.25) is 5.91 Å². The molecule has 1 aliphatic heterocycles. The SMILES string of the molecule is O=C(Nc1cccc(N2CCCCC2=O)c1)c1ccccc1C(=O)c1ccc(F)cc1. The smallest absolute Gasteiger partial charge is 0.256 e.